The van der Waals surface area contributed by atoms with E-state index in [4.69, 9.17) is 21.6 Å². The number of aryl methyl sites for hydroxylation is 2. The van der Waals surface area contributed by atoms with Crippen LogP contribution in [0.15, 0.2) is 29.2 Å². The molecular weight excluding hydrogens is 452 g/mol. The Morgan fingerprint density at radius 3 is 2.52 bits per heavy atom. The van der Waals surface area contributed by atoms with Crippen LogP contribution in [0.5, 0.6) is 0 Å². The highest BCUT2D eigenvalue weighted by molar-refractivity contribution is 7.89. The zero-order valence-corrected chi connectivity index (χ0v) is 20.0. The number of piperazine rings is 1. The van der Waals surface area contributed by atoms with Gasteiger partial charge in [0.25, 0.3) is 0 Å². The van der Waals surface area contributed by atoms with Gasteiger partial charge in [-0.15, -0.1) is 11.3 Å². The summed E-state index contributed by atoms with van der Waals surface area (Å²) in [7, 11) is -3.53. The minimum absolute atomic E-state index is 0.284. The summed E-state index contributed by atoms with van der Waals surface area (Å²) in [5.41, 5.74) is 1.41. The molecule has 1 aromatic carbocycles. The molecule has 1 saturated heterocycles. The van der Waals surface area contributed by atoms with Gasteiger partial charge < -0.3 is 4.90 Å². The van der Waals surface area contributed by atoms with Crippen molar-refractivity contribution in [2.24, 2.45) is 5.92 Å². The molecule has 1 atom stereocenters. The minimum atomic E-state index is -3.53. The first-order valence-corrected chi connectivity index (χ1v) is 13.3. The van der Waals surface area contributed by atoms with E-state index >= 15 is 0 Å². The number of nitrogens with zero attached hydrogens (tertiary/aromatic N) is 4. The van der Waals surface area contributed by atoms with Crippen LogP contribution in [-0.4, -0.2) is 48.9 Å². The molecule has 0 bridgehead atoms. The van der Waals surface area contributed by atoms with Gasteiger partial charge in [-0.1, -0.05) is 18.5 Å². The van der Waals surface area contributed by atoms with Crippen LogP contribution in [0.25, 0.3) is 10.2 Å². The molecule has 164 valence electrons. The van der Waals surface area contributed by atoms with Crippen LogP contribution in [0.3, 0.4) is 0 Å². The highest BCUT2D eigenvalue weighted by Crippen LogP contribution is 2.41. The Kier molecular flexibility index (Phi) is 5.45. The molecule has 0 saturated carbocycles. The fraction of sp³-hybridized carbons (Fsp3) is 0.455. The first-order valence-electron chi connectivity index (χ1n) is 10.6. The van der Waals surface area contributed by atoms with Crippen molar-refractivity contribution in [3.63, 3.8) is 0 Å². The smallest absolute Gasteiger partial charge is 0.243 e. The maximum Gasteiger partial charge on any atom is 0.243 e. The molecule has 0 N–H and O–H groups in total. The van der Waals surface area contributed by atoms with Crippen LogP contribution in [0.2, 0.25) is 5.02 Å². The van der Waals surface area contributed by atoms with E-state index in [1.54, 1.807) is 39.9 Å². The average Bonchev–Trinajstić information content (AvgIpc) is 3.10. The van der Waals surface area contributed by atoms with Gasteiger partial charge >= 0.3 is 0 Å². The lowest BCUT2D eigenvalue weighted by Crippen LogP contribution is -2.49. The number of rotatable bonds is 3. The topological polar surface area (TPSA) is 66.4 Å². The number of fused-ring (bicyclic) bond motifs is 3. The maximum absolute atomic E-state index is 13.0. The van der Waals surface area contributed by atoms with Crippen molar-refractivity contribution in [2.75, 3.05) is 31.1 Å². The second-order valence-corrected chi connectivity index (χ2v) is 11.9. The van der Waals surface area contributed by atoms with Crippen molar-refractivity contribution >= 4 is 49.0 Å². The number of halogens is 1. The Hall–Kier alpha value is -1.74. The number of anilines is 1. The second-order valence-electron chi connectivity index (χ2n) is 8.47. The largest absolute Gasteiger partial charge is 0.353 e. The van der Waals surface area contributed by atoms with Crippen LogP contribution in [0.4, 0.5) is 5.82 Å². The van der Waals surface area contributed by atoms with Crippen LogP contribution in [-0.2, 0) is 22.9 Å². The van der Waals surface area contributed by atoms with Crippen LogP contribution < -0.4 is 4.90 Å². The molecule has 0 radical (unpaired) electrons. The van der Waals surface area contributed by atoms with E-state index in [0.717, 1.165) is 29.3 Å². The summed E-state index contributed by atoms with van der Waals surface area (Å²) in [6.45, 7) is 6.33. The summed E-state index contributed by atoms with van der Waals surface area (Å²) < 4.78 is 27.6. The monoisotopic (exact) mass is 476 g/mol. The molecule has 3 aromatic rings. The normalized spacial score (nSPS) is 20.2. The van der Waals surface area contributed by atoms with Crippen molar-refractivity contribution in [1.29, 1.82) is 0 Å². The number of aromatic nitrogens is 2. The highest BCUT2D eigenvalue weighted by Gasteiger charge is 2.31. The molecule has 6 nitrogen and oxygen atoms in total. The first kappa shape index (κ1) is 21.1. The molecule has 0 unspecified atom stereocenters. The zero-order chi connectivity index (χ0) is 21.8. The number of hydrogen-bond acceptors (Lipinski definition) is 6. The summed E-state index contributed by atoms with van der Waals surface area (Å²) in [6.07, 6.45) is 3.38. The van der Waals surface area contributed by atoms with E-state index in [2.05, 4.69) is 11.8 Å². The number of sulfonamides is 1. The lowest BCUT2D eigenvalue weighted by atomic mass is 9.89. The summed E-state index contributed by atoms with van der Waals surface area (Å²) in [4.78, 5) is 14.6. The molecule has 1 fully saturated rings. The summed E-state index contributed by atoms with van der Waals surface area (Å²) >= 11 is 7.72. The van der Waals surface area contributed by atoms with E-state index in [9.17, 15) is 8.42 Å². The van der Waals surface area contributed by atoms with Crippen molar-refractivity contribution in [3.05, 3.63) is 45.6 Å². The Labute approximate surface area is 191 Å². The van der Waals surface area contributed by atoms with Gasteiger partial charge in [0.2, 0.25) is 10.0 Å². The van der Waals surface area contributed by atoms with E-state index in [-0.39, 0.29) is 4.90 Å². The third kappa shape index (κ3) is 3.84. The molecule has 31 heavy (non-hydrogen) atoms. The lowest BCUT2D eigenvalue weighted by Gasteiger charge is -2.35. The van der Waals surface area contributed by atoms with Crippen LogP contribution >= 0.6 is 22.9 Å². The van der Waals surface area contributed by atoms with Gasteiger partial charge in [0, 0.05) is 36.1 Å². The van der Waals surface area contributed by atoms with Crippen molar-refractivity contribution in [2.45, 2.75) is 38.0 Å². The highest BCUT2D eigenvalue weighted by atomic mass is 35.5. The van der Waals surface area contributed by atoms with Gasteiger partial charge in [0.15, 0.2) is 0 Å². The Morgan fingerprint density at radius 1 is 1.10 bits per heavy atom. The van der Waals surface area contributed by atoms with E-state index in [1.807, 2.05) is 6.92 Å². The van der Waals surface area contributed by atoms with Gasteiger partial charge in [-0.05, 0) is 61.9 Å². The molecule has 1 aliphatic heterocycles. The molecule has 2 aromatic heterocycles. The van der Waals surface area contributed by atoms with Crippen LogP contribution in [0.1, 0.15) is 29.6 Å². The average molecular weight is 477 g/mol. The standard InChI is InChI=1S/C22H25ClN4O2S2/c1-14-3-8-18-19(13-14)30-22-20(18)21(24-15(2)25-22)26-9-11-27(12-10-26)31(28,29)17-6-4-16(23)5-7-17/h4-7,14H,3,8-13H2,1-2H3/t14-/m0/s1. The Bertz CT molecular complexity index is 1230. The van der Waals surface area contributed by atoms with Gasteiger partial charge in [-0.2, -0.15) is 4.31 Å². The van der Waals surface area contributed by atoms with Crippen molar-refractivity contribution in [3.8, 4) is 0 Å². The van der Waals surface area contributed by atoms with Gasteiger partial charge in [-0.3, -0.25) is 0 Å². The van der Waals surface area contributed by atoms with E-state index < -0.39 is 10.0 Å². The molecule has 2 aliphatic rings. The predicted octanol–water partition coefficient (Wildman–Crippen LogP) is 4.29. The molecule has 0 amide bonds. The number of benzene rings is 1. The predicted molar refractivity (Wildman–Crippen MR) is 126 cm³/mol. The summed E-state index contributed by atoms with van der Waals surface area (Å²) in [6, 6.07) is 6.37. The third-order valence-corrected chi connectivity index (χ3v) is 9.55. The number of thiophene rings is 1. The maximum atomic E-state index is 13.0. The van der Waals surface area contributed by atoms with Crippen LogP contribution in [0, 0.1) is 12.8 Å². The molecular formula is C22H25ClN4O2S2. The molecule has 3 heterocycles. The fourth-order valence-corrected chi connectivity index (χ4v) is 7.52. The Balaban J connectivity index is 1.42. The van der Waals surface area contributed by atoms with E-state index in [1.165, 1.54) is 22.2 Å². The number of hydrogen-bond donors (Lipinski definition) is 0. The SMILES string of the molecule is Cc1nc(N2CCN(S(=O)(=O)c3ccc(Cl)cc3)CC2)c2c3c(sc2n1)C[C@@H](C)CC3. The van der Waals surface area contributed by atoms with Crippen molar-refractivity contribution in [1.82, 2.24) is 14.3 Å². The minimum Gasteiger partial charge on any atom is -0.353 e. The first-order chi connectivity index (χ1) is 14.8. The molecule has 0 spiro atoms. The molecule has 5 rings (SSSR count). The fourth-order valence-electron chi connectivity index (χ4n) is 4.55. The molecule has 9 heteroatoms. The lowest BCUT2D eigenvalue weighted by molar-refractivity contribution is 0.384. The summed E-state index contributed by atoms with van der Waals surface area (Å²) in [5.74, 6) is 2.45. The second kappa shape index (κ2) is 7.99. The third-order valence-electron chi connectivity index (χ3n) is 6.24. The van der Waals surface area contributed by atoms with Gasteiger partial charge in [-0.25, -0.2) is 18.4 Å². The van der Waals surface area contributed by atoms with Gasteiger partial charge in [0.1, 0.15) is 16.5 Å². The van der Waals surface area contributed by atoms with Crippen molar-refractivity contribution < 1.29 is 8.42 Å². The molecule has 1 aliphatic carbocycles. The summed E-state index contributed by atoms with van der Waals surface area (Å²) in [5, 5.41) is 1.71. The Morgan fingerprint density at radius 2 is 1.81 bits per heavy atom. The van der Waals surface area contributed by atoms with E-state index in [0.29, 0.717) is 37.1 Å². The zero-order valence-electron chi connectivity index (χ0n) is 17.6. The van der Waals surface area contributed by atoms with Gasteiger partial charge in [0.05, 0.1) is 10.3 Å². The quantitative estimate of drug-likeness (QED) is 0.564.